The summed E-state index contributed by atoms with van der Waals surface area (Å²) < 4.78 is 29.7. The quantitative estimate of drug-likeness (QED) is 0.196. The predicted molar refractivity (Wildman–Crippen MR) is 157 cm³/mol. The van der Waals surface area contributed by atoms with Crippen molar-refractivity contribution in [1.82, 2.24) is 30.1 Å². The predicted octanol–water partition coefficient (Wildman–Crippen LogP) is 8.01. The first kappa shape index (κ1) is 25.1. The third-order valence-electron chi connectivity index (χ3n) is 7.85. The van der Waals surface area contributed by atoms with Gasteiger partial charge in [0.05, 0.1) is 40.0 Å². The fourth-order valence-electron chi connectivity index (χ4n) is 5.73. The van der Waals surface area contributed by atoms with Gasteiger partial charge in [0.2, 0.25) is 0 Å². The van der Waals surface area contributed by atoms with Gasteiger partial charge < -0.3 is 10.3 Å². The van der Waals surface area contributed by atoms with Crippen molar-refractivity contribution >= 4 is 27.6 Å². The summed E-state index contributed by atoms with van der Waals surface area (Å²) in [4.78, 5) is 16.8. The molecule has 7 rings (SSSR count). The molecule has 41 heavy (non-hydrogen) atoms. The summed E-state index contributed by atoms with van der Waals surface area (Å²) >= 11 is 0. The Hall–Kier alpha value is -4.92. The number of anilines is 1. The Morgan fingerprint density at radius 2 is 1.73 bits per heavy atom. The van der Waals surface area contributed by atoms with E-state index >= 15 is 4.39 Å². The zero-order chi connectivity index (χ0) is 27.9. The maximum Gasteiger partial charge on any atom is 0.161 e. The van der Waals surface area contributed by atoms with Crippen LogP contribution in [0, 0.1) is 17.6 Å². The molecule has 2 aromatic carbocycles. The third-order valence-corrected chi connectivity index (χ3v) is 7.85. The first-order valence-electron chi connectivity index (χ1n) is 13.7. The largest absolute Gasteiger partial charge is 0.358 e. The van der Waals surface area contributed by atoms with Crippen LogP contribution in [-0.4, -0.2) is 30.1 Å². The lowest BCUT2D eigenvalue weighted by molar-refractivity contribution is 0.405. The van der Waals surface area contributed by atoms with Gasteiger partial charge in [-0.3, -0.25) is 15.1 Å². The van der Waals surface area contributed by atoms with Crippen molar-refractivity contribution in [3.8, 4) is 33.9 Å². The van der Waals surface area contributed by atoms with Gasteiger partial charge in [0.15, 0.2) is 11.6 Å². The highest BCUT2D eigenvalue weighted by Gasteiger charge is 2.22. The number of hydrogen-bond donors (Lipinski definition) is 3. The molecule has 0 aliphatic heterocycles. The maximum atomic E-state index is 16.2. The van der Waals surface area contributed by atoms with Crippen molar-refractivity contribution in [1.29, 1.82) is 0 Å². The molecule has 7 nitrogen and oxygen atoms in total. The summed E-state index contributed by atoms with van der Waals surface area (Å²) in [5.74, 6) is 0.0152. The summed E-state index contributed by atoms with van der Waals surface area (Å²) in [5, 5.41) is 10.9. The molecule has 4 heterocycles. The minimum atomic E-state index is -0.518. The van der Waals surface area contributed by atoms with E-state index in [0.717, 1.165) is 40.9 Å². The van der Waals surface area contributed by atoms with Crippen LogP contribution < -0.4 is 5.32 Å². The maximum absolute atomic E-state index is 16.2. The molecule has 1 saturated carbocycles. The normalized spacial score (nSPS) is 14.1. The standard InChI is InChI=1S/C32H27F2N7/c1-18(19-6-3-2-4-7-19)37-23-14-21(15-35-16-23)29-28(34)27-26(17-36-29)40-41-31(27)32-38-25-9-5-8-24(30(25)39-32)20-10-12-22(33)13-11-20/h5,8-17,19,37H,1-4,6-7H2,(H,38,39)(H,40,41). The van der Waals surface area contributed by atoms with Gasteiger partial charge in [-0.15, -0.1) is 0 Å². The molecule has 6 aromatic rings. The van der Waals surface area contributed by atoms with Gasteiger partial charge in [-0.25, -0.2) is 13.8 Å². The number of aromatic amines is 2. The Kier molecular flexibility index (Phi) is 6.26. The molecule has 204 valence electrons. The monoisotopic (exact) mass is 547 g/mol. The number of halogens is 2. The number of nitrogens with zero attached hydrogens (tertiary/aromatic N) is 4. The number of rotatable bonds is 6. The van der Waals surface area contributed by atoms with Gasteiger partial charge in [0.1, 0.15) is 17.2 Å². The van der Waals surface area contributed by atoms with Gasteiger partial charge >= 0.3 is 0 Å². The number of fused-ring (bicyclic) bond motifs is 2. The van der Waals surface area contributed by atoms with Crippen LogP contribution in [-0.2, 0) is 0 Å². The van der Waals surface area contributed by atoms with Crippen molar-refractivity contribution in [3.63, 3.8) is 0 Å². The summed E-state index contributed by atoms with van der Waals surface area (Å²) in [7, 11) is 0. The number of H-pyrrole nitrogens is 2. The number of aromatic nitrogens is 6. The van der Waals surface area contributed by atoms with Crippen molar-refractivity contribution in [3.05, 3.63) is 91.0 Å². The molecule has 1 aliphatic carbocycles. The molecule has 3 N–H and O–H groups in total. The summed E-state index contributed by atoms with van der Waals surface area (Å²) in [6.07, 6.45) is 10.8. The Morgan fingerprint density at radius 3 is 2.56 bits per heavy atom. The molecule has 0 spiro atoms. The van der Waals surface area contributed by atoms with Crippen LogP contribution in [0.25, 0.3) is 55.8 Å². The van der Waals surface area contributed by atoms with Gasteiger partial charge in [-0.2, -0.15) is 5.10 Å². The molecule has 0 amide bonds. The van der Waals surface area contributed by atoms with E-state index in [1.54, 1.807) is 30.7 Å². The third kappa shape index (κ3) is 4.63. The number of para-hydroxylation sites is 1. The second-order valence-corrected chi connectivity index (χ2v) is 10.5. The molecule has 0 bridgehead atoms. The number of benzene rings is 2. The molecule has 9 heteroatoms. The summed E-state index contributed by atoms with van der Waals surface area (Å²) in [6, 6.07) is 13.8. The Morgan fingerprint density at radius 1 is 0.902 bits per heavy atom. The number of hydrogen-bond acceptors (Lipinski definition) is 5. The van der Waals surface area contributed by atoms with E-state index in [2.05, 4.69) is 37.0 Å². The topological polar surface area (TPSA) is 95.2 Å². The van der Waals surface area contributed by atoms with Gasteiger partial charge in [0, 0.05) is 23.0 Å². The average Bonchev–Trinajstić information content (AvgIpc) is 3.63. The molecule has 1 aliphatic rings. The second-order valence-electron chi connectivity index (χ2n) is 10.5. The zero-order valence-electron chi connectivity index (χ0n) is 22.2. The lowest BCUT2D eigenvalue weighted by Gasteiger charge is -2.24. The molecule has 0 saturated heterocycles. The van der Waals surface area contributed by atoms with Crippen LogP contribution in [0.1, 0.15) is 32.1 Å². The van der Waals surface area contributed by atoms with Crippen molar-refractivity contribution in [2.75, 3.05) is 5.32 Å². The minimum absolute atomic E-state index is 0.169. The minimum Gasteiger partial charge on any atom is -0.358 e. The highest BCUT2D eigenvalue weighted by Crippen LogP contribution is 2.35. The smallest absolute Gasteiger partial charge is 0.161 e. The number of nitrogens with one attached hydrogen (secondary N) is 3. The van der Waals surface area contributed by atoms with Gasteiger partial charge in [0.25, 0.3) is 0 Å². The zero-order valence-corrected chi connectivity index (χ0v) is 22.2. The molecular formula is C32H27F2N7. The van der Waals surface area contributed by atoms with Crippen LogP contribution >= 0.6 is 0 Å². The van der Waals surface area contributed by atoms with E-state index in [0.29, 0.717) is 34.0 Å². The average molecular weight is 548 g/mol. The van der Waals surface area contributed by atoms with Gasteiger partial charge in [-0.05, 0) is 48.6 Å². The fourth-order valence-corrected chi connectivity index (χ4v) is 5.73. The molecule has 0 radical (unpaired) electrons. The Labute approximate surface area is 234 Å². The summed E-state index contributed by atoms with van der Waals surface area (Å²) in [6.45, 7) is 4.25. The van der Waals surface area contributed by atoms with E-state index in [1.807, 2.05) is 24.3 Å². The van der Waals surface area contributed by atoms with E-state index in [4.69, 9.17) is 4.98 Å². The molecular weight excluding hydrogens is 520 g/mol. The highest BCUT2D eigenvalue weighted by molar-refractivity contribution is 5.98. The molecule has 1 fully saturated rings. The van der Waals surface area contributed by atoms with Gasteiger partial charge in [-0.1, -0.05) is 50.1 Å². The fraction of sp³-hybridized carbons (Fsp3) is 0.188. The SMILES string of the molecule is C=C(Nc1cncc(-c2ncc3[nH]nc(-c4nc5c(-c6ccc(F)cc6)cccc5[nH]4)c3c2F)c1)C1CCCCC1. The molecule has 4 aromatic heterocycles. The van der Waals surface area contributed by atoms with E-state index < -0.39 is 5.82 Å². The Bertz CT molecular complexity index is 1900. The van der Waals surface area contributed by atoms with E-state index in [-0.39, 0.29) is 16.9 Å². The first-order chi connectivity index (χ1) is 20.0. The van der Waals surface area contributed by atoms with E-state index in [9.17, 15) is 4.39 Å². The van der Waals surface area contributed by atoms with Crippen LogP contribution in [0.15, 0.2) is 79.4 Å². The Balaban J connectivity index is 1.26. The van der Waals surface area contributed by atoms with Crippen molar-refractivity contribution in [2.45, 2.75) is 32.1 Å². The van der Waals surface area contributed by atoms with Crippen molar-refractivity contribution in [2.24, 2.45) is 5.92 Å². The van der Waals surface area contributed by atoms with Crippen molar-refractivity contribution < 1.29 is 8.78 Å². The lowest BCUT2D eigenvalue weighted by Crippen LogP contribution is -2.14. The number of pyridine rings is 2. The van der Waals surface area contributed by atoms with Crippen LogP contribution in [0.2, 0.25) is 0 Å². The second kappa shape index (κ2) is 10.2. The highest BCUT2D eigenvalue weighted by atomic mass is 19.1. The molecule has 0 unspecified atom stereocenters. The van der Waals surface area contributed by atoms with Crippen LogP contribution in [0.5, 0.6) is 0 Å². The first-order valence-corrected chi connectivity index (χ1v) is 13.7. The lowest BCUT2D eigenvalue weighted by atomic mass is 9.87. The van der Waals surface area contributed by atoms with Crippen LogP contribution in [0.3, 0.4) is 0 Å². The number of allylic oxidation sites excluding steroid dienone is 1. The number of imidazole rings is 1. The molecule has 0 atom stereocenters. The van der Waals surface area contributed by atoms with Crippen LogP contribution in [0.4, 0.5) is 14.5 Å². The summed E-state index contributed by atoms with van der Waals surface area (Å²) in [5.41, 5.74) is 6.32. The van der Waals surface area contributed by atoms with E-state index in [1.165, 1.54) is 31.4 Å².